The number of anilines is 2. The molecule has 1 saturated heterocycles. The van der Waals surface area contributed by atoms with Crippen molar-refractivity contribution in [1.82, 2.24) is 39.0 Å². The molecule has 6 heterocycles. The van der Waals surface area contributed by atoms with E-state index in [1.807, 2.05) is 0 Å². The predicted molar refractivity (Wildman–Crippen MR) is 172 cm³/mol. The number of nitrogens with zero attached hydrogens (tertiary/aromatic N) is 8. The number of nitrogens with two attached hydrogens (primary N) is 2. The van der Waals surface area contributed by atoms with Crippen LogP contribution < -0.4 is 11.5 Å². The molecular weight excluding hydrogens is 738 g/mol. The van der Waals surface area contributed by atoms with E-state index < -0.39 is 65.5 Å². The zero-order valence-corrected chi connectivity index (χ0v) is 29.0. The molecule has 4 aromatic heterocycles. The lowest BCUT2D eigenvalue weighted by molar-refractivity contribution is -0.136. The molecule has 4 aromatic rings. The van der Waals surface area contributed by atoms with E-state index >= 15 is 0 Å². The molecular formula is C26H32N10O14P2. The third kappa shape index (κ3) is 7.76. The molecule has 6 atom stereocenters. The largest absolute Gasteiger partial charge is 0.490 e. The SMILES string of the molecule is COC1=C(OC)C(=CCOP(=O)(O)OC[C@H]2O[C@@H](n3cnc4c(N)ncnc43)[C@H](O)[C@@H]2OP(=O)(O)COCCn2cnc3ncnc(N)c32)OC1=O. The highest BCUT2D eigenvalue weighted by atomic mass is 31.2. The molecule has 0 spiro atoms. The fraction of sp³-hybridized carbons (Fsp3) is 0.423. The van der Waals surface area contributed by atoms with Gasteiger partial charge in [0.25, 0.3) is 5.76 Å². The van der Waals surface area contributed by atoms with Crippen LogP contribution in [0.1, 0.15) is 6.23 Å². The first kappa shape index (κ1) is 37.2. The summed E-state index contributed by atoms with van der Waals surface area (Å²) in [5.41, 5.74) is 12.9. The highest BCUT2D eigenvalue weighted by Gasteiger charge is 2.49. The molecule has 2 aliphatic rings. The van der Waals surface area contributed by atoms with Crippen molar-refractivity contribution in [3.63, 3.8) is 0 Å². The van der Waals surface area contributed by atoms with E-state index in [1.165, 1.54) is 37.8 Å². The number of hydrogen-bond acceptors (Lipinski definition) is 20. The van der Waals surface area contributed by atoms with Crippen LogP contribution in [0.3, 0.4) is 0 Å². The van der Waals surface area contributed by atoms with Crippen molar-refractivity contribution in [2.45, 2.75) is 31.1 Å². The third-order valence-corrected chi connectivity index (χ3v) is 9.59. The number of phosphoric acid groups is 1. The first-order valence-electron chi connectivity index (χ1n) is 14.9. The smallest absolute Gasteiger partial charge is 0.472 e. The van der Waals surface area contributed by atoms with Gasteiger partial charge in [0.2, 0.25) is 5.76 Å². The topological polar surface area (TPSA) is 325 Å². The molecule has 0 aliphatic carbocycles. The van der Waals surface area contributed by atoms with Gasteiger partial charge in [0.1, 0.15) is 48.3 Å². The Labute approximate surface area is 292 Å². The molecule has 7 N–H and O–H groups in total. The highest BCUT2D eigenvalue weighted by molar-refractivity contribution is 7.52. The number of ether oxygens (including phenoxy) is 5. The van der Waals surface area contributed by atoms with Gasteiger partial charge in [0, 0.05) is 6.54 Å². The van der Waals surface area contributed by atoms with Crippen LogP contribution in [-0.2, 0) is 57.7 Å². The van der Waals surface area contributed by atoms with E-state index in [9.17, 15) is 28.8 Å². The van der Waals surface area contributed by atoms with Crippen molar-refractivity contribution in [3.05, 3.63) is 48.7 Å². The van der Waals surface area contributed by atoms with E-state index in [2.05, 4.69) is 29.9 Å². The number of carbonyl (C=O) groups excluding carboxylic acids is 1. The molecule has 26 heteroatoms. The number of esters is 1. The number of carbonyl (C=O) groups is 1. The zero-order chi connectivity index (χ0) is 37.2. The van der Waals surface area contributed by atoms with E-state index in [0.717, 1.165) is 12.4 Å². The molecule has 0 saturated carbocycles. The van der Waals surface area contributed by atoms with Crippen molar-refractivity contribution in [2.75, 3.05) is 51.9 Å². The van der Waals surface area contributed by atoms with Gasteiger partial charge in [-0.25, -0.2) is 39.3 Å². The maximum Gasteiger partial charge on any atom is 0.472 e. The van der Waals surface area contributed by atoms with Crippen LogP contribution in [0.2, 0.25) is 0 Å². The molecule has 0 bridgehead atoms. The number of methoxy groups -OCH3 is 2. The minimum Gasteiger partial charge on any atom is -0.490 e. The monoisotopic (exact) mass is 770 g/mol. The second-order valence-electron chi connectivity index (χ2n) is 10.8. The summed E-state index contributed by atoms with van der Waals surface area (Å²) in [6.07, 6.45) is -0.737. The van der Waals surface area contributed by atoms with E-state index in [0.29, 0.717) is 11.2 Å². The average Bonchev–Trinajstić information content (AvgIpc) is 3.86. The first-order valence-corrected chi connectivity index (χ1v) is 18.2. The van der Waals surface area contributed by atoms with Crippen molar-refractivity contribution in [1.29, 1.82) is 0 Å². The third-order valence-electron chi connectivity index (χ3n) is 7.56. The van der Waals surface area contributed by atoms with Crippen LogP contribution in [-0.4, -0.2) is 119 Å². The van der Waals surface area contributed by atoms with Gasteiger partial charge in [-0.3, -0.25) is 22.7 Å². The summed E-state index contributed by atoms with van der Waals surface area (Å²) in [6.45, 7) is -1.33. The van der Waals surface area contributed by atoms with Crippen LogP contribution in [0.4, 0.5) is 11.6 Å². The van der Waals surface area contributed by atoms with Crippen molar-refractivity contribution in [2.24, 2.45) is 0 Å². The molecule has 6 rings (SSSR count). The van der Waals surface area contributed by atoms with Crippen LogP contribution in [0.5, 0.6) is 0 Å². The summed E-state index contributed by atoms with van der Waals surface area (Å²) in [7, 11) is -7.05. The Morgan fingerprint density at radius 2 is 1.73 bits per heavy atom. The molecule has 24 nitrogen and oxygen atoms in total. The summed E-state index contributed by atoms with van der Waals surface area (Å²) in [4.78, 5) is 57.2. The average molecular weight is 771 g/mol. The van der Waals surface area contributed by atoms with Crippen LogP contribution in [0, 0.1) is 0 Å². The summed E-state index contributed by atoms with van der Waals surface area (Å²) in [6, 6.07) is 0. The predicted octanol–water partition coefficient (Wildman–Crippen LogP) is -0.288. The van der Waals surface area contributed by atoms with Gasteiger partial charge in [-0.15, -0.1) is 0 Å². The van der Waals surface area contributed by atoms with Gasteiger partial charge in [-0.05, 0) is 6.08 Å². The molecule has 0 amide bonds. The number of hydrogen-bond donors (Lipinski definition) is 5. The van der Waals surface area contributed by atoms with Crippen molar-refractivity contribution in [3.8, 4) is 0 Å². The van der Waals surface area contributed by atoms with Gasteiger partial charge in [0.15, 0.2) is 34.9 Å². The van der Waals surface area contributed by atoms with E-state index in [-0.39, 0.29) is 53.2 Å². The van der Waals surface area contributed by atoms with Gasteiger partial charge in [-0.2, -0.15) is 0 Å². The molecule has 0 aromatic carbocycles. The number of phosphoric ester groups is 1. The molecule has 2 aliphatic heterocycles. The molecule has 52 heavy (non-hydrogen) atoms. The maximum absolute atomic E-state index is 13.2. The number of aliphatic hydroxyl groups is 1. The normalized spacial score (nSPS) is 23.7. The number of imidazole rings is 2. The van der Waals surface area contributed by atoms with Gasteiger partial charge >= 0.3 is 21.4 Å². The zero-order valence-electron chi connectivity index (χ0n) is 27.2. The highest BCUT2D eigenvalue weighted by Crippen LogP contribution is 2.49. The minimum absolute atomic E-state index is 0.0343. The lowest BCUT2D eigenvalue weighted by Crippen LogP contribution is -2.36. The Hall–Kier alpha value is -4.61. The standard InChI is InChI=1S/C26H32N10O14P2/c1-43-19-13(49-26(38)20(19)44-2)3-5-46-52(41,42)47-7-14-18(17(37)25(48-14)36-11-33-15-21(27)29-9-32-24(15)36)50-51(39,40)12-45-6-4-35-10-34-23-16(35)22(28)30-8-31-23/h3,8-11,14,17-18,25,37H,4-7,12H2,1-2H3,(H,39,40)(H,41,42)(H2,27,29,32)(H2,28,30,31)/t14-,17-,18-,25-/m1/s1. The lowest BCUT2D eigenvalue weighted by atomic mass is 10.1. The Kier molecular flexibility index (Phi) is 10.8. The van der Waals surface area contributed by atoms with Crippen LogP contribution in [0.25, 0.3) is 22.3 Å². The second kappa shape index (κ2) is 15.2. The Balaban J connectivity index is 1.13. The van der Waals surface area contributed by atoms with E-state index in [4.69, 9.17) is 48.7 Å². The molecule has 2 unspecified atom stereocenters. The molecule has 280 valence electrons. The quantitative estimate of drug-likeness (QED) is 0.0555. The van der Waals surface area contributed by atoms with E-state index in [1.54, 1.807) is 4.57 Å². The van der Waals surface area contributed by atoms with Gasteiger partial charge in [-0.1, -0.05) is 0 Å². The Bertz CT molecular complexity index is 2120. The Morgan fingerprint density at radius 3 is 2.50 bits per heavy atom. The van der Waals surface area contributed by atoms with Crippen LogP contribution >= 0.6 is 15.4 Å². The second-order valence-corrected chi connectivity index (χ2v) is 14.0. The number of nitrogen functional groups attached to an aromatic ring is 2. The lowest BCUT2D eigenvalue weighted by Gasteiger charge is -2.24. The summed E-state index contributed by atoms with van der Waals surface area (Å²) >= 11 is 0. The molecule has 1 fully saturated rings. The van der Waals surface area contributed by atoms with Crippen LogP contribution in [0.15, 0.2) is 48.7 Å². The van der Waals surface area contributed by atoms with Gasteiger partial charge in [0.05, 0.1) is 46.7 Å². The Morgan fingerprint density at radius 1 is 0.981 bits per heavy atom. The number of rotatable bonds is 16. The van der Waals surface area contributed by atoms with Crippen molar-refractivity contribution < 1.29 is 66.1 Å². The number of cyclic esters (lactones) is 1. The van der Waals surface area contributed by atoms with Crippen molar-refractivity contribution >= 4 is 55.4 Å². The number of aliphatic hydroxyl groups excluding tert-OH is 1. The summed E-state index contributed by atoms with van der Waals surface area (Å²) in [5.74, 6) is -1.03. The summed E-state index contributed by atoms with van der Waals surface area (Å²) < 4.78 is 70.8. The first-order chi connectivity index (χ1) is 24.8. The fourth-order valence-corrected chi connectivity index (χ4v) is 6.98. The number of aromatic nitrogens is 8. The fourth-order valence-electron chi connectivity index (χ4n) is 5.25. The maximum atomic E-state index is 13.2. The van der Waals surface area contributed by atoms with Gasteiger partial charge < -0.3 is 54.6 Å². The molecule has 0 radical (unpaired) electrons. The summed E-state index contributed by atoms with van der Waals surface area (Å²) in [5, 5.41) is 11.3. The minimum atomic E-state index is -4.89. The number of fused-ring (bicyclic) bond motifs is 2.